The molecule has 2 aromatic rings. The normalized spacial score (nSPS) is 19.6. The Morgan fingerprint density at radius 3 is 2.84 bits per heavy atom. The number of ether oxygens (including phenoxy) is 3. The van der Waals surface area contributed by atoms with Crippen molar-refractivity contribution in [2.24, 2.45) is 0 Å². The fourth-order valence-electron chi connectivity index (χ4n) is 3.08. The molecular formula is C17H22N4O4. The number of benzene rings is 1. The largest absolute Gasteiger partial charge is 0.493 e. The fraction of sp³-hybridized carbons (Fsp3) is 0.471. The van der Waals surface area contributed by atoms with Gasteiger partial charge in [-0.1, -0.05) is 0 Å². The maximum atomic E-state index is 12.7. The minimum atomic E-state index is -0.109. The Balaban J connectivity index is 1.70. The van der Waals surface area contributed by atoms with E-state index in [1.54, 1.807) is 44.4 Å². The first-order valence-electron chi connectivity index (χ1n) is 8.08. The number of rotatable bonds is 6. The lowest BCUT2D eigenvalue weighted by Crippen LogP contribution is -2.36. The second-order valence-corrected chi connectivity index (χ2v) is 5.93. The smallest absolute Gasteiger partial charge is 0.253 e. The first-order chi connectivity index (χ1) is 12.1. The maximum Gasteiger partial charge on any atom is 0.253 e. The monoisotopic (exact) mass is 346 g/mol. The number of likely N-dealkylation sites (N-methyl/N-ethyl adjacent to an activating group) is 1. The molecule has 1 aliphatic rings. The highest BCUT2D eigenvalue weighted by Crippen LogP contribution is 2.30. The molecule has 1 fully saturated rings. The van der Waals surface area contributed by atoms with Crippen molar-refractivity contribution in [1.29, 1.82) is 0 Å². The van der Waals surface area contributed by atoms with E-state index in [2.05, 4.69) is 15.2 Å². The van der Waals surface area contributed by atoms with Gasteiger partial charge in [0.25, 0.3) is 5.91 Å². The van der Waals surface area contributed by atoms with Gasteiger partial charge >= 0.3 is 0 Å². The van der Waals surface area contributed by atoms with Crippen molar-refractivity contribution < 1.29 is 19.0 Å². The van der Waals surface area contributed by atoms with Crippen LogP contribution in [0.2, 0.25) is 0 Å². The number of H-pyrrole nitrogens is 1. The van der Waals surface area contributed by atoms with Crippen LogP contribution in [0.3, 0.4) is 0 Å². The number of nitrogens with one attached hydrogen (secondary N) is 1. The van der Waals surface area contributed by atoms with Gasteiger partial charge in [-0.3, -0.25) is 9.89 Å². The molecule has 1 aliphatic heterocycles. The predicted molar refractivity (Wildman–Crippen MR) is 90.0 cm³/mol. The third-order valence-corrected chi connectivity index (χ3v) is 4.43. The molecule has 1 amide bonds. The summed E-state index contributed by atoms with van der Waals surface area (Å²) in [4.78, 5) is 18.6. The minimum absolute atomic E-state index is 0.104. The lowest BCUT2D eigenvalue weighted by molar-refractivity contribution is 0.0550. The third-order valence-electron chi connectivity index (χ3n) is 4.43. The van der Waals surface area contributed by atoms with Gasteiger partial charge in [-0.25, -0.2) is 4.98 Å². The molecule has 0 radical (unpaired) electrons. The molecule has 0 bridgehead atoms. The van der Waals surface area contributed by atoms with Crippen LogP contribution < -0.4 is 9.47 Å². The summed E-state index contributed by atoms with van der Waals surface area (Å²) in [5.74, 6) is 1.93. The van der Waals surface area contributed by atoms with Gasteiger partial charge in [0.1, 0.15) is 12.2 Å². The van der Waals surface area contributed by atoms with E-state index in [1.165, 1.54) is 6.33 Å². The molecule has 0 aliphatic carbocycles. The summed E-state index contributed by atoms with van der Waals surface area (Å²) in [6.45, 7) is 1.12. The second-order valence-electron chi connectivity index (χ2n) is 5.93. The van der Waals surface area contributed by atoms with Crippen LogP contribution in [0, 0.1) is 0 Å². The molecule has 1 N–H and O–H groups in total. The average Bonchev–Trinajstić information content (AvgIpc) is 3.31. The number of aromatic amines is 1. The number of methoxy groups -OCH3 is 2. The van der Waals surface area contributed by atoms with Gasteiger partial charge < -0.3 is 19.1 Å². The third kappa shape index (κ3) is 3.58. The zero-order valence-corrected chi connectivity index (χ0v) is 14.6. The van der Waals surface area contributed by atoms with Crippen LogP contribution in [-0.2, 0) is 4.74 Å². The van der Waals surface area contributed by atoms with Crippen LogP contribution in [-0.4, -0.2) is 66.5 Å². The quantitative estimate of drug-likeness (QED) is 0.852. The highest BCUT2D eigenvalue weighted by atomic mass is 16.5. The van der Waals surface area contributed by atoms with E-state index in [-0.39, 0.29) is 17.9 Å². The first kappa shape index (κ1) is 17.2. The molecule has 2 heterocycles. The van der Waals surface area contributed by atoms with Crippen LogP contribution in [0.25, 0.3) is 0 Å². The summed E-state index contributed by atoms with van der Waals surface area (Å²) in [7, 11) is 4.87. The number of hydrogen-bond acceptors (Lipinski definition) is 6. The Hall–Kier alpha value is -2.61. The topological polar surface area (TPSA) is 89.6 Å². The molecular weight excluding hydrogens is 324 g/mol. The molecule has 0 saturated carbocycles. The molecule has 0 spiro atoms. The lowest BCUT2D eigenvalue weighted by atomic mass is 10.00. The molecule has 8 heteroatoms. The average molecular weight is 346 g/mol. The Labute approximate surface area is 146 Å². The Kier molecular flexibility index (Phi) is 5.18. The van der Waals surface area contributed by atoms with Crippen molar-refractivity contribution in [2.45, 2.75) is 18.4 Å². The Morgan fingerprint density at radius 1 is 1.36 bits per heavy atom. The summed E-state index contributed by atoms with van der Waals surface area (Å²) in [6.07, 6.45) is 2.24. The SMILES string of the molecule is COc1ccc(C(=O)N(C)C[C@H]2OCC[C@H]2c2ncn[nH]2)cc1OC. The van der Waals surface area contributed by atoms with Crippen molar-refractivity contribution in [3.8, 4) is 11.5 Å². The first-order valence-corrected chi connectivity index (χ1v) is 8.08. The summed E-state index contributed by atoms with van der Waals surface area (Å²) >= 11 is 0. The summed E-state index contributed by atoms with van der Waals surface area (Å²) < 4.78 is 16.3. The van der Waals surface area contributed by atoms with Crippen LogP contribution in [0.1, 0.15) is 28.5 Å². The van der Waals surface area contributed by atoms with Gasteiger partial charge in [-0.2, -0.15) is 5.10 Å². The van der Waals surface area contributed by atoms with Gasteiger partial charge in [0.2, 0.25) is 0 Å². The molecule has 2 atom stereocenters. The molecule has 8 nitrogen and oxygen atoms in total. The number of nitrogens with zero attached hydrogens (tertiary/aromatic N) is 3. The van der Waals surface area contributed by atoms with Crippen LogP contribution in [0.4, 0.5) is 0 Å². The van der Waals surface area contributed by atoms with Gasteiger partial charge in [-0.05, 0) is 24.6 Å². The zero-order chi connectivity index (χ0) is 17.8. The van der Waals surface area contributed by atoms with Gasteiger partial charge in [-0.15, -0.1) is 0 Å². The van der Waals surface area contributed by atoms with Crippen molar-refractivity contribution in [3.63, 3.8) is 0 Å². The van der Waals surface area contributed by atoms with Gasteiger partial charge in [0.15, 0.2) is 11.5 Å². The Bertz CT molecular complexity index is 719. The minimum Gasteiger partial charge on any atom is -0.493 e. The molecule has 25 heavy (non-hydrogen) atoms. The van der Waals surface area contributed by atoms with Crippen LogP contribution in [0.5, 0.6) is 11.5 Å². The molecule has 1 saturated heterocycles. The van der Waals surface area contributed by atoms with E-state index in [1.807, 2.05) is 0 Å². The zero-order valence-electron chi connectivity index (χ0n) is 14.6. The lowest BCUT2D eigenvalue weighted by Gasteiger charge is -2.24. The molecule has 3 rings (SSSR count). The summed E-state index contributed by atoms with van der Waals surface area (Å²) in [5, 5.41) is 6.80. The highest BCUT2D eigenvalue weighted by molar-refractivity contribution is 5.94. The van der Waals surface area contributed by atoms with E-state index in [4.69, 9.17) is 14.2 Å². The van der Waals surface area contributed by atoms with Crippen molar-refractivity contribution >= 4 is 5.91 Å². The van der Waals surface area contributed by atoms with Crippen LogP contribution in [0.15, 0.2) is 24.5 Å². The fourth-order valence-corrected chi connectivity index (χ4v) is 3.08. The molecule has 1 aromatic heterocycles. The van der Waals surface area contributed by atoms with E-state index < -0.39 is 0 Å². The molecule has 0 unspecified atom stereocenters. The van der Waals surface area contributed by atoms with Crippen molar-refractivity contribution in [1.82, 2.24) is 20.1 Å². The highest BCUT2D eigenvalue weighted by Gasteiger charge is 2.33. The van der Waals surface area contributed by atoms with Crippen LogP contribution >= 0.6 is 0 Å². The van der Waals surface area contributed by atoms with Gasteiger partial charge in [0.05, 0.1) is 20.3 Å². The van der Waals surface area contributed by atoms with Crippen molar-refractivity contribution in [3.05, 3.63) is 35.9 Å². The van der Waals surface area contributed by atoms with Gasteiger partial charge in [0, 0.05) is 31.7 Å². The van der Waals surface area contributed by atoms with Crippen molar-refractivity contribution in [2.75, 3.05) is 34.4 Å². The maximum absolute atomic E-state index is 12.7. The Morgan fingerprint density at radius 2 is 2.16 bits per heavy atom. The number of carbonyl (C=O) groups excluding carboxylic acids is 1. The molecule has 134 valence electrons. The standard InChI is InChI=1S/C17H22N4O4/c1-21(9-15-12(6-7-25-15)16-18-10-19-20-16)17(22)11-4-5-13(23-2)14(8-11)24-3/h4-5,8,10,12,15H,6-7,9H2,1-3H3,(H,18,19,20)/t12-,15-/m1/s1. The van der Waals surface area contributed by atoms with E-state index >= 15 is 0 Å². The van der Waals surface area contributed by atoms with E-state index in [9.17, 15) is 4.79 Å². The number of amides is 1. The van der Waals surface area contributed by atoms with E-state index in [0.717, 1.165) is 12.2 Å². The summed E-state index contributed by atoms with van der Waals surface area (Å²) in [5.41, 5.74) is 0.536. The number of hydrogen-bond donors (Lipinski definition) is 1. The summed E-state index contributed by atoms with van der Waals surface area (Å²) in [6, 6.07) is 5.13. The number of aromatic nitrogens is 3. The predicted octanol–water partition coefficient (Wildman–Crippen LogP) is 1.47. The number of carbonyl (C=O) groups is 1. The second kappa shape index (κ2) is 7.52. The van der Waals surface area contributed by atoms with E-state index in [0.29, 0.717) is 30.2 Å². The molecule has 1 aromatic carbocycles.